The molecule has 0 unspecified atom stereocenters. The monoisotopic (exact) mass is 224 g/mol. The SMILES string of the molecule is CC(=O)OCCC1=CC[C@H](CC=O)C1(C)C. The molecule has 90 valence electrons. The molecule has 16 heavy (non-hydrogen) atoms. The Morgan fingerprint density at radius 1 is 1.62 bits per heavy atom. The number of hydrogen-bond acceptors (Lipinski definition) is 3. The molecule has 1 atom stereocenters. The molecule has 0 spiro atoms. The van der Waals surface area contributed by atoms with E-state index in [0.29, 0.717) is 18.9 Å². The quantitative estimate of drug-likeness (QED) is 0.409. The second-order valence-corrected chi connectivity index (χ2v) is 4.88. The highest BCUT2D eigenvalue weighted by molar-refractivity contribution is 5.65. The number of carbonyl (C=O) groups is 2. The minimum absolute atomic E-state index is 0.0566. The van der Waals surface area contributed by atoms with Crippen LogP contribution in [0.25, 0.3) is 0 Å². The summed E-state index contributed by atoms with van der Waals surface area (Å²) >= 11 is 0. The van der Waals surface area contributed by atoms with Crippen LogP contribution in [0.3, 0.4) is 0 Å². The molecule has 1 aliphatic carbocycles. The van der Waals surface area contributed by atoms with E-state index >= 15 is 0 Å². The Labute approximate surface area is 96.9 Å². The fraction of sp³-hybridized carbons (Fsp3) is 0.692. The van der Waals surface area contributed by atoms with Gasteiger partial charge in [0.15, 0.2) is 0 Å². The van der Waals surface area contributed by atoms with Crippen molar-refractivity contribution in [3.63, 3.8) is 0 Å². The minimum Gasteiger partial charge on any atom is -0.466 e. The van der Waals surface area contributed by atoms with Crippen molar-refractivity contribution in [2.75, 3.05) is 6.61 Å². The van der Waals surface area contributed by atoms with Gasteiger partial charge in [-0.1, -0.05) is 25.5 Å². The van der Waals surface area contributed by atoms with Crippen LogP contribution in [-0.2, 0) is 14.3 Å². The summed E-state index contributed by atoms with van der Waals surface area (Å²) in [6.45, 7) is 6.18. The van der Waals surface area contributed by atoms with Crippen molar-refractivity contribution in [1.29, 1.82) is 0 Å². The second-order valence-electron chi connectivity index (χ2n) is 4.88. The zero-order chi connectivity index (χ0) is 12.2. The molecule has 3 heteroatoms. The number of rotatable bonds is 5. The van der Waals surface area contributed by atoms with Crippen LogP contribution in [0, 0.1) is 11.3 Å². The number of esters is 1. The Morgan fingerprint density at radius 2 is 2.31 bits per heavy atom. The van der Waals surface area contributed by atoms with Crippen molar-refractivity contribution in [2.45, 2.75) is 40.0 Å². The number of ether oxygens (including phenoxy) is 1. The summed E-state index contributed by atoms with van der Waals surface area (Å²) < 4.78 is 4.94. The predicted octanol–water partition coefficient (Wildman–Crippen LogP) is 2.50. The molecule has 3 nitrogen and oxygen atoms in total. The first-order valence-corrected chi connectivity index (χ1v) is 5.75. The van der Waals surface area contributed by atoms with Crippen molar-refractivity contribution in [2.24, 2.45) is 11.3 Å². The van der Waals surface area contributed by atoms with Gasteiger partial charge in [-0.2, -0.15) is 0 Å². The maximum absolute atomic E-state index is 10.7. The van der Waals surface area contributed by atoms with Gasteiger partial charge in [-0.25, -0.2) is 0 Å². The van der Waals surface area contributed by atoms with E-state index in [2.05, 4.69) is 19.9 Å². The van der Waals surface area contributed by atoms with Gasteiger partial charge in [0.25, 0.3) is 0 Å². The zero-order valence-electron chi connectivity index (χ0n) is 10.3. The third kappa shape index (κ3) is 2.94. The lowest BCUT2D eigenvalue weighted by molar-refractivity contribution is -0.140. The first-order chi connectivity index (χ1) is 7.48. The minimum atomic E-state index is -0.235. The van der Waals surface area contributed by atoms with Gasteiger partial charge in [-0.15, -0.1) is 0 Å². The highest BCUT2D eigenvalue weighted by atomic mass is 16.5. The predicted molar refractivity (Wildman–Crippen MR) is 61.9 cm³/mol. The van der Waals surface area contributed by atoms with Gasteiger partial charge in [-0.05, 0) is 17.8 Å². The van der Waals surface area contributed by atoms with Crippen LogP contribution in [0.4, 0.5) is 0 Å². The van der Waals surface area contributed by atoms with Crippen LogP contribution in [0.5, 0.6) is 0 Å². The molecule has 0 aromatic carbocycles. The van der Waals surface area contributed by atoms with Crippen LogP contribution in [0.2, 0.25) is 0 Å². The molecule has 0 radical (unpaired) electrons. The van der Waals surface area contributed by atoms with Crippen molar-refractivity contribution in [3.8, 4) is 0 Å². The molecule has 0 fully saturated rings. The van der Waals surface area contributed by atoms with E-state index in [-0.39, 0.29) is 11.4 Å². The fourth-order valence-electron chi connectivity index (χ4n) is 2.34. The normalized spacial score (nSPS) is 22.7. The van der Waals surface area contributed by atoms with Gasteiger partial charge in [-0.3, -0.25) is 4.79 Å². The molecule has 0 heterocycles. The van der Waals surface area contributed by atoms with Gasteiger partial charge < -0.3 is 9.53 Å². The van der Waals surface area contributed by atoms with Gasteiger partial charge in [0.05, 0.1) is 6.61 Å². The van der Waals surface area contributed by atoms with Gasteiger partial charge in [0, 0.05) is 19.8 Å². The van der Waals surface area contributed by atoms with Crippen molar-refractivity contribution >= 4 is 12.3 Å². The summed E-state index contributed by atoms with van der Waals surface area (Å²) in [5, 5.41) is 0. The summed E-state index contributed by atoms with van der Waals surface area (Å²) in [6.07, 6.45) is 5.54. The van der Waals surface area contributed by atoms with Gasteiger partial charge in [0.2, 0.25) is 0 Å². The van der Waals surface area contributed by atoms with E-state index in [1.54, 1.807) is 0 Å². The highest BCUT2D eigenvalue weighted by Crippen LogP contribution is 2.45. The Bertz CT molecular complexity index is 302. The average molecular weight is 224 g/mol. The van der Waals surface area contributed by atoms with Crippen LogP contribution in [0.15, 0.2) is 11.6 Å². The Balaban J connectivity index is 2.49. The lowest BCUT2D eigenvalue weighted by Gasteiger charge is -2.29. The van der Waals surface area contributed by atoms with E-state index in [1.807, 2.05) is 0 Å². The van der Waals surface area contributed by atoms with E-state index in [0.717, 1.165) is 19.1 Å². The fourth-order valence-corrected chi connectivity index (χ4v) is 2.34. The lowest BCUT2D eigenvalue weighted by atomic mass is 9.75. The van der Waals surface area contributed by atoms with Crippen molar-refractivity contribution < 1.29 is 14.3 Å². The van der Waals surface area contributed by atoms with Crippen LogP contribution >= 0.6 is 0 Å². The van der Waals surface area contributed by atoms with Crippen LogP contribution in [0.1, 0.15) is 40.0 Å². The van der Waals surface area contributed by atoms with Crippen molar-refractivity contribution in [1.82, 2.24) is 0 Å². The molecular formula is C13H20O3. The summed E-state index contributed by atoms with van der Waals surface area (Å²) in [4.78, 5) is 21.2. The Morgan fingerprint density at radius 3 is 2.88 bits per heavy atom. The summed E-state index contributed by atoms with van der Waals surface area (Å²) in [5.41, 5.74) is 1.36. The van der Waals surface area contributed by atoms with E-state index < -0.39 is 0 Å². The maximum atomic E-state index is 10.7. The molecule has 0 amide bonds. The third-order valence-electron chi connectivity index (χ3n) is 3.55. The summed E-state index contributed by atoms with van der Waals surface area (Å²) in [7, 11) is 0. The van der Waals surface area contributed by atoms with E-state index in [9.17, 15) is 9.59 Å². The molecule has 0 aromatic heterocycles. The van der Waals surface area contributed by atoms with Crippen LogP contribution in [-0.4, -0.2) is 18.9 Å². The molecule has 1 rings (SSSR count). The lowest BCUT2D eigenvalue weighted by Crippen LogP contribution is -2.22. The number of carbonyl (C=O) groups excluding carboxylic acids is 2. The first-order valence-electron chi connectivity index (χ1n) is 5.75. The molecule has 1 aliphatic rings. The van der Waals surface area contributed by atoms with E-state index in [4.69, 9.17) is 4.74 Å². The Kier molecular flexibility index (Phi) is 4.27. The summed E-state index contributed by atoms with van der Waals surface area (Å²) in [6, 6.07) is 0. The molecule has 0 saturated heterocycles. The Hall–Kier alpha value is -1.12. The van der Waals surface area contributed by atoms with Gasteiger partial charge in [0.1, 0.15) is 6.29 Å². The van der Waals surface area contributed by atoms with E-state index in [1.165, 1.54) is 12.5 Å². The van der Waals surface area contributed by atoms with Crippen LogP contribution < -0.4 is 0 Å². The highest BCUT2D eigenvalue weighted by Gasteiger charge is 2.36. The number of allylic oxidation sites excluding steroid dienone is 1. The molecule has 0 saturated carbocycles. The second kappa shape index (κ2) is 5.28. The molecule has 0 aromatic rings. The standard InChI is InChI=1S/C13H20O3/c1-10(15)16-9-7-12-5-4-11(6-8-14)13(12,2)3/h5,8,11H,4,6-7,9H2,1-3H3/t11-/m1/s1. The number of aldehydes is 1. The first kappa shape index (κ1) is 12.9. The largest absolute Gasteiger partial charge is 0.466 e. The third-order valence-corrected chi connectivity index (χ3v) is 3.55. The molecule has 0 aliphatic heterocycles. The zero-order valence-corrected chi connectivity index (χ0v) is 10.3. The molecular weight excluding hydrogens is 204 g/mol. The topological polar surface area (TPSA) is 43.4 Å². The smallest absolute Gasteiger partial charge is 0.302 e. The van der Waals surface area contributed by atoms with Gasteiger partial charge >= 0.3 is 5.97 Å². The summed E-state index contributed by atoms with van der Waals surface area (Å²) in [5.74, 6) is 0.165. The molecule has 0 N–H and O–H groups in total. The van der Waals surface area contributed by atoms with Crippen molar-refractivity contribution in [3.05, 3.63) is 11.6 Å². The average Bonchev–Trinajstić information content (AvgIpc) is 2.45. The maximum Gasteiger partial charge on any atom is 0.302 e. The number of hydrogen-bond donors (Lipinski definition) is 0. The molecule has 0 bridgehead atoms.